The van der Waals surface area contributed by atoms with Gasteiger partial charge in [-0.25, -0.2) is 0 Å². The first-order valence-electron chi connectivity index (χ1n) is 11.1. The second-order valence-electron chi connectivity index (χ2n) is 10.1. The second kappa shape index (κ2) is 6.43. The molecule has 1 heterocycles. The van der Waals surface area contributed by atoms with E-state index in [4.69, 9.17) is 14.2 Å². The van der Waals surface area contributed by atoms with E-state index in [1.807, 2.05) is 0 Å². The Labute approximate surface area is 162 Å². The molecule has 0 aromatic rings. The van der Waals surface area contributed by atoms with E-state index in [9.17, 15) is 9.90 Å². The van der Waals surface area contributed by atoms with Gasteiger partial charge in [0.15, 0.2) is 5.79 Å². The van der Waals surface area contributed by atoms with Crippen LogP contribution < -0.4 is 0 Å². The number of carbonyl (C=O) groups is 1. The molecule has 5 aliphatic rings. The van der Waals surface area contributed by atoms with Gasteiger partial charge in [0.2, 0.25) is 0 Å². The lowest BCUT2D eigenvalue weighted by atomic mass is 9.49. The molecule has 0 unspecified atom stereocenters. The van der Waals surface area contributed by atoms with Gasteiger partial charge in [-0.15, -0.1) is 0 Å². The summed E-state index contributed by atoms with van der Waals surface area (Å²) in [4.78, 5) is 11.6. The van der Waals surface area contributed by atoms with E-state index < -0.39 is 5.79 Å². The summed E-state index contributed by atoms with van der Waals surface area (Å²) in [5, 5.41) is 10.3. The molecule has 0 radical (unpaired) electrons. The Morgan fingerprint density at radius 3 is 2.52 bits per heavy atom. The molecule has 5 rings (SSSR count). The third kappa shape index (κ3) is 2.71. The van der Waals surface area contributed by atoms with Crippen LogP contribution in [0.2, 0.25) is 0 Å². The first-order chi connectivity index (χ1) is 12.9. The predicted octanol–water partition coefficient (Wildman–Crippen LogP) is 3.28. The molecule has 27 heavy (non-hydrogen) atoms. The van der Waals surface area contributed by atoms with Crippen molar-refractivity contribution in [1.82, 2.24) is 0 Å². The van der Waals surface area contributed by atoms with Crippen molar-refractivity contribution < 1.29 is 24.1 Å². The maximum absolute atomic E-state index is 11.6. The lowest BCUT2D eigenvalue weighted by Gasteiger charge is -2.59. The summed E-state index contributed by atoms with van der Waals surface area (Å²) in [6.07, 6.45) is 8.15. The Balaban J connectivity index is 1.46. The summed E-state index contributed by atoms with van der Waals surface area (Å²) in [6, 6.07) is 0. The fraction of sp³-hybridized carbons (Fsp3) is 0.955. The van der Waals surface area contributed by atoms with Crippen LogP contribution in [-0.2, 0) is 19.0 Å². The Kier molecular flexibility index (Phi) is 4.38. The van der Waals surface area contributed by atoms with E-state index >= 15 is 0 Å². The van der Waals surface area contributed by atoms with Gasteiger partial charge in [0, 0.05) is 24.7 Å². The van der Waals surface area contributed by atoms with Crippen molar-refractivity contribution >= 4 is 5.97 Å². The average Bonchev–Trinajstić information content (AvgIpc) is 3.21. The van der Waals surface area contributed by atoms with E-state index in [1.54, 1.807) is 0 Å². The van der Waals surface area contributed by atoms with Gasteiger partial charge in [-0.05, 0) is 68.6 Å². The quantitative estimate of drug-likeness (QED) is 0.710. The summed E-state index contributed by atoms with van der Waals surface area (Å²) >= 11 is 0. The monoisotopic (exact) mass is 378 g/mol. The van der Waals surface area contributed by atoms with Crippen LogP contribution in [0.3, 0.4) is 0 Å². The largest absolute Gasteiger partial charge is 0.462 e. The number of rotatable bonds is 1. The first-order valence-corrected chi connectivity index (χ1v) is 11.1. The number of esters is 1. The molecule has 8 atom stereocenters. The number of fused-ring (bicyclic) bond motifs is 6. The summed E-state index contributed by atoms with van der Waals surface area (Å²) < 4.78 is 18.4. The van der Waals surface area contributed by atoms with Gasteiger partial charge in [0.1, 0.15) is 6.10 Å². The minimum atomic E-state index is -0.481. The van der Waals surface area contributed by atoms with Crippen molar-refractivity contribution in [2.24, 2.45) is 35.0 Å². The number of aliphatic hydroxyl groups is 1. The van der Waals surface area contributed by atoms with E-state index in [1.165, 1.54) is 13.3 Å². The molecule has 1 spiro atoms. The third-order valence-electron chi connectivity index (χ3n) is 9.00. The van der Waals surface area contributed by atoms with Crippen LogP contribution in [0.1, 0.15) is 65.2 Å². The van der Waals surface area contributed by atoms with E-state index in [0.717, 1.165) is 44.9 Å². The van der Waals surface area contributed by atoms with Gasteiger partial charge in [-0.2, -0.15) is 0 Å². The first kappa shape index (κ1) is 18.4. The van der Waals surface area contributed by atoms with Crippen LogP contribution in [0.5, 0.6) is 0 Å². The molecule has 0 bridgehead atoms. The minimum Gasteiger partial charge on any atom is -0.462 e. The van der Waals surface area contributed by atoms with Crippen molar-refractivity contribution in [3.63, 3.8) is 0 Å². The summed E-state index contributed by atoms with van der Waals surface area (Å²) in [5.74, 6) is 2.17. The van der Waals surface area contributed by atoms with Crippen LogP contribution in [0.15, 0.2) is 0 Å². The number of ether oxygens (including phenoxy) is 3. The summed E-state index contributed by atoms with van der Waals surface area (Å²) in [7, 11) is 0. The smallest absolute Gasteiger partial charge is 0.302 e. The molecule has 5 heteroatoms. The van der Waals surface area contributed by atoms with Gasteiger partial charge >= 0.3 is 5.97 Å². The molecule has 1 N–H and O–H groups in total. The molecule has 4 aliphatic carbocycles. The van der Waals surface area contributed by atoms with Gasteiger partial charge in [-0.1, -0.05) is 6.92 Å². The number of aliphatic hydroxyl groups excluding tert-OH is 1. The van der Waals surface area contributed by atoms with Gasteiger partial charge in [0.25, 0.3) is 0 Å². The Bertz CT molecular complexity index is 600. The molecule has 0 aromatic heterocycles. The molecule has 152 valence electrons. The zero-order chi connectivity index (χ0) is 18.8. The highest BCUT2D eigenvalue weighted by Crippen LogP contribution is 2.65. The molecule has 4 saturated carbocycles. The summed E-state index contributed by atoms with van der Waals surface area (Å²) in [6.45, 7) is 5.24. The van der Waals surface area contributed by atoms with Crippen molar-refractivity contribution in [2.45, 2.75) is 83.2 Å². The maximum Gasteiger partial charge on any atom is 0.302 e. The van der Waals surface area contributed by atoms with Crippen molar-refractivity contribution in [3.8, 4) is 0 Å². The van der Waals surface area contributed by atoms with Gasteiger partial charge in [-0.3, -0.25) is 4.79 Å². The highest BCUT2D eigenvalue weighted by molar-refractivity contribution is 5.66. The fourth-order valence-electron chi connectivity index (χ4n) is 7.96. The van der Waals surface area contributed by atoms with Crippen LogP contribution >= 0.6 is 0 Å². The number of carbonyl (C=O) groups excluding carboxylic acids is 1. The molecular weight excluding hydrogens is 344 g/mol. The molecule has 5 fully saturated rings. The zero-order valence-electron chi connectivity index (χ0n) is 16.7. The molecule has 0 aromatic carbocycles. The van der Waals surface area contributed by atoms with Crippen molar-refractivity contribution in [1.29, 1.82) is 0 Å². The minimum absolute atomic E-state index is 0.0632. The predicted molar refractivity (Wildman–Crippen MR) is 98.7 cm³/mol. The third-order valence-corrected chi connectivity index (χ3v) is 9.00. The van der Waals surface area contributed by atoms with Crippen LogP contribution in [0, 0.1) is 35.0 Å². The lowest BCUT2D eigenvalue weighted by Crippen LogP contribution is -2.59. The molecule has 1 saturated heterocycles. The second-order valence-corrected chi connectivity index (χ2v) is 10.1. The highest BCUT2D eigenvalue weighted by atomic mass is 16.7. The summed E-state index contributed by atoms with van der Waals surface area (Å²) in [5.41, 5.74) is 0.0909. The number of hydrogen-bond acceptors (Lipinski definition) is 5. The van der Waals surface area contributed by atoms with Gasteiger partial charge in [0.05, 0.1) is 19.3 Å². The molecular formula is C22H34O5. The normalized spacial score (nSPS) is 50.7. The van der Waals surface area contributed by atoms with Gasteiger partial charge < -0.3 is 19.3 Å². The molecule has 1 aliphatic heterocycles. The van der Waals surface area contributed by atoms with E-state index in [0.29, 0.717) is 42.8 Å². The van der Waals surface area contributed by atoms with E-state index in [2.05, 4.69) is 6.92 Å². The van der Waals surface area contributed by atoms with Crippen LogP contribution in [0.4, 0.5) is 0 Å². The topological polar surface area (TPSA) is 65.0 Å². The zero-order valence-corrected chi connectivity index (χ0v) is 16.7. The SMILES string of the molecule is CC(=O)O[C@H]1CC[C@H]2[C@@H]3CC4(OCCO4)[C@H]4C[C@@H](O)CC[C@@H]4[C@H]3CC[C@]12C. The highest BCUT2D eigenvalue weighted by Gasteiger charge is 2.64. The molecule has 5 nitrogen and oxygen atoms in total. The Morgan fingerprint density at radius 1 is 1.00 bits per heavy atom. The fourth-order valence-corrected chi connectivity index (χ4v) is 7.96. The van der Waals surface area contributed by atoms with Crippen molar-refractivity contribution in [2.75, 3.05) is 13.2 Å². The maximum atomic E-state index is 11.6. The standard InChI is InChI=1S/C22H34O5/c1-13(23)27-20-6-5-18-17-12-22(25-9-10-26-22)19-11-14(24)3-4-16(19)15(17)7-8-21(18,20)2/h14-20,24H,3-12H2,1-2H3/t14-,15+,16+,17+,18-,19-,20-,21-/m0/s1. The Morgan fingerprint density at radius 2 is 1.78 bits per heavy atom. The van der Waals surface area contributed by atoms with E-state index in [-0.39, 0.29) is 23.6 Å². The van der Waals surface area contributed by atoms with Crippen LogP contribution in [-0.4, -0.2) is 42.3 Å². The average molecular weight is 379 g/mol. The van der Waals surface area contributed by atoms with Crippen molar-refractivity contribution in [3.05, 3.63) is 0 Å². The van der Waals surface area contributed by atoms with Crippen LogP contribution in [0.25, 0.3) is 0 Å². The lowest BCUT2D eigenvalue weighted by molar-refractivity contribution is -0.274. The number of hydrogen-bond donors (Lipinski definition) is 1. The Hall–Kier alpha value is -0.650. The molecule has 0 amide bonds.